The Labute approximate surface area is 280 Å². The zero-order valence-corrected chi connectivity index (χ0v) is 29.6. The molecule has 0 aliphatic rings. The minimum atomic E-state index is -5.63. The van der Waals surface area contributed by atoms with Crippen molar-refractivity contribution in [3.8, 4) is 11.5 Å². The molecule has 0 aliphatic carbocycles. The van der Waals surface area contributed by atoms with E-state index in [1.54, 1.807) is 0 Å². The van der Waals surface area contributed by atoms with Gasteiger partial charge in [-0.15, -0.1) is 0 Å². The molecule has 23 heteroatoms. The fourth-order valence-corrected chi connectivity index (χ4v) is 8.07. The maximum atomic E-state index is 12.2. The van der Waals surface area contributed by atoms with Crippen LogP contribution in [0.1, 0.15) is 0 Å². The zero-order valence-electron chi connectivity index (χ0n) is 22.3. The summed E-state index contributed by atoms with van der Waals surface area (Å²) in [6.45, 7) is 0. The number of phenolic OH excluding ortho intramolecular Hbond substituents is 2. The fraction of sp³-hybridized carbons (Fsp3) is 0. The van der Waals surface area contributed by atoms with Crippen molar-refractivity contribution in [2.24, 2.45) is 20.5 Å². The van der Waals surface area contributed by atoms with Crippen LogP contribution in [-0.2, 0) is 27.7 Å². The second-order valence-corrected chi connectivity index (χ2v) is 18.0. The molecule has 0 fully saturated rings. The summed E-state index contributed by atoms with van der Waals surface area (Å²) in [6, 6.07) is 10.3. The van der Waals surface area contributed by atoms with Crippen molar-refractivity contribution in [1.29, 1.82) is 0 Å². The van der Waals surface area contributed by atoms with Gasteiger partial charge in [0.25, 0.3) is 0 Å². The van der Waals surface area contributed by atoms with Crippen molar-refractivity contribution < 1.29 is 89.6 Å². The van der Waals surface area contributed by atoms with Crippen LogP contribution >= 0.6 is 0 Å². The number of rotatable bonds is 8. The molecule has 0 unspecified atom stereocenters. The zero-order chi connectivity index (χ0) is 32.8. The molecule has 0 heterocycles. The van der Waals surface area contributed by atoms with Crippen LogP contribution in [0.4, 0.5) is 22.7 Å². The van der Waals surface area contributed by atoms with E-state index in [9.17, 15) is 60.0 Å². The summed E-state index contributed by atoms with van der Waals surface area (Å²) in [5.41, 5.74) is -3.15. The number of hydrogen-bond donors (Lipinski definition) is 7. The summed E-state index contributed by atoms with van der Waals surface area (Å²) in [5, 5.41) is 34.7. The first-order chi connectivity index (χ1) is 20.2. The summed E-state index contributed by atoms with van der Waals surface area (Å²) >= 11 is -11.2. The number of benzene rings is 4. The van der Waals surface area contributed by atoms with E-state index in [0.29, 0.717) is 12.1 Å². The van der Waals surface area contributed by atoms with Gasteiger partial charge in [-0.3, -0.25) is 0 Å². The minimum absolute atomic E-state index is 0. The van der Waals surface area contributed by atoms with Gasteiger partial charge in [-0.2, -0.15) is 0 Å². The van der Waals surface area contributed by atoms with Crippen LogP contribution in [0.3, 0.4) is 0 Å². The van der Waals surface area contributed by atoms with Crippen LogP contribution in [-0.4, -0.2) is 80.9 Å². The second-order valence-electron chi connectivity index (χ2n) is 8.64. The largest absolute Gasteiger partial charge is 1.00 e. The monoisotopic (exact) mass is 798 g/mol. The van der Waals surface area contributed by atoms with Gasteiger partial charge in [-0.1, -0.05) is 0 Å². The fourth-order valence-electron chi connectivity index (χ4n) is 3.84. The van der Waals surface area contributed by atoms with Crippen molar-refractivity contribution in [3.63, 3.8) is 0 Å². The predicted molar refractivity (Wildman–Crippen MR) is 147 cm³/mol. The van der Waals surface area contributed by atoms with Gasteiger partial charge in [-0.05, 0) is 0 Å². The molecule has 4 aromatic rings. The average molecular weight is 798 g/mol. The number of aromatic hydroxyl groups is 2. The van der Waals surface area contributed by atoms with Gasteiger partial charge in [0.15, 0.2) is 0 Å². The van der Waals surface area contributed by atoms with Crippen molar-refractivity contribution in [3.05, 3.63) is 60.7 Å². The minimum Gasteiger partial charge on any atom is 1.00 e. The molecule has 0 aliphatic heterocycles. The Balaban J connectivity index is 0.00000552. The molecule has 0 amide bonds. The molecule has 232 valence electrons. The Morgan fingerprint density at radius 2 is 1.02 bits per heavy atom. The quantitative estimate of drug-likeness (QED) is 0.0545. The van der Waals surface area contributed by atoms with Crippen molar-refractivity contribution in [1.82, 2.24) is 0 Å². The van der Waals surface area contributed by atoms with Crippen molar-refractivity contribution in [2.75, 3.05) is 0 Å². The number of phenols is 2. The maximum absolute atomic E-state index is 12.2. The molecule has 0 bridgehead atoms. The van der Waals surface area contributed by atoms with Crippen LogP contribution in [0.25, 0.3) is 10.8 Å². The predicted octanol–water partition coefficient (Wildman–Crippen LogP) is -2.64. The molecule has 4 aromatic carbocycles. The van der Waals surface area contributed by atoms with E-state index in [2.05, 4.69) is 20.5 Å². The molecule has 0 saturated heterocycles. The SMILES string of the molecule is O=S(=O)([O-])c1cc2cc(S(=O)(=O)O)c(N=Nc3ccccc3[As](=O)(O)O)c(O)c2c(O)c1N=Nc1ccccc1[As](=O)(O)O.[Na+]. The molecular formula is C22H17As2N4NaO14S2. The third kappa shape index (κ3) is 8.01. The van der Waals surface area contributed by atoms with Gasteiger partial charge < -0.3 is 0 Å². The van der Waals surface area contributed by atoms with Gasteiger partial charge in [0.1, 0.15) is 0 Å². The van der Waals surface area contributed by atoms with Gasteiger partial charge in [0, 0.05) is 0 Å². The van der Waals surface area contributed by atoms with E-state index in [0.717, 1.165) is 24.3 Å². The molecule has 0 aromatic heterocycles. The first kappa shape index (κ1) is 36.8. The second kappa shape index (κ2) is 13.2. The number of fused-ring (bicyclic) bond motifs is 1. The smallest absolute Gasteiger partial charge is 1.00 e. The molecule has 4 rings (SSSR count). The van der Waals surface area contributed by atoms with Gasteiger partial charge >= 0.3 is 283 Å². The standard InChI is InChI=1S/C22H18As2N4O14S2.Na/c29-21-18-11(9-16(43(37,38)39)19(21)27-25-14-7-3-1-5-12(14)23(31,32)33)10-17(44(40,41)42)20(22(18)30)28-26-15-8-4-2-6-13(15)24(34,35)36;/h1-10,29-30H,(H2,31,32,33)(H2,34,35,36)(H,37,38,39)(H,40,41,42);/q;+1/p-1. The van der Waals surface area contributed by atoms with E-state index in [-0.39, 0.29) is 29.6 Å². The van der Waals surface area contributed by atoms with Crippen molar-refractivity contribution in [2.45, 2.75) is 9.79 Å². The summed E-state index contributed by atoms with van der Waals surface area (Å²) < 4.78 is 131. The van der Waals surface area contributed by atoms with E-state index >= 15 is 0 Å². The van der Waals surface area contributed by atoms with E-state index in [4.69, 9.17) is 0 Å². The maximum Gasteiger partial charge on any atom is 1.00 e. The van der Waals surface area contributed by atoms with Gasteiger partial charge in [0.05, 0.1) is 0 Å². The van der Waals surface area contributed by atoms with Crippen LogP contribution in [0.15, 0.2) is 90.9 Å². The van der Waals surface area contributed by atoms with Gasteiger partial charge in [0.2, 0.25) is 0 Å². The van der Waals surface area contributed by atoms with E-state index in [1.807, 2.05) is 0 Å². The molecule has 0 spiro atoms. The Kier molecular flexibility index (Phi) is 10.8. The molecule has 18 nitrogen and oxygen atoms in total. The summed E-state index contributed by atoms with van der Waals surface area (Å²) in [5.74, 6) is -2.57. The molecule has 7 N–H and O–H groups in total. The Morgan fingerprint density at radius 3 is 1.40 bits per heavy atom. The third-order valence-corrected chi connectivity index (χ3v) is 11.6. The Bertz CT molecular complexity index is 2070. The van der Waals surface area contributed by atoms with Crippen molar-refractivity contribution >= 4 is 90.8 Å². The van der Waals surface area contributed by atoms with Crippen LogP contribution < -0.4 is 38.3 Å². The number of nitrogens with zero attached hydrogens (tertiary/aromatic N) is 4. The molecular weight excluding hydrogens is 781 g/mol. The molecule has 0 saturated carbocycles. The third-order valence-electron chi connectivity index (χ3n) is 5.70. The Morgan fingerprint density at radius 1 is 0.644 bits per heavy atom. The number of azo groups is 2. The summed E-state index contributed by atoms with van der Waals surface area (Å²) in [6.07, 6.45) is 0. The number of hydrogen-bond acceptors (Lipinski definition) is 13. The van der Waals surface area contributed by atoms with Crippen LogP contribution in [0, 0.1) is 0 Å². The molecule has 0 atom stereocenters. The normalized spacial score (nSPS) is 13.0. The van der Waals surface area contributed by atoms with E-state index in [1.165, 1.54) is 24.3 Å². The summed E-state index contributed by atoms with van der Waals surface area (Å²) in [7, 11) is -10.9. The van der Waals surface area contributed by atoms with E-state index < -0.39 is 112 Å². The summed E-state index contributed by atoms with van der Waals surface area (Å²) in [4.78, 5) is -2.52. The topological polar surface area (TPSA) is 317 Å². The first-order valence-corrected chi connectivity index (χ1v) is 21.0. The first-order valence-electron chi connectivity index (χ1n) is 11.3. The van der Waals surface area contributed by atoms with Gasteiger partial charge in [-0.25, -0.2) is 0 Å². The van der Waals surface area contributed by atoms with Crippen LogP contribution in [0.2, 0.25) is 0 Å². The average Bonchev–Trinajstić information content (AvgIpc) is 2.89. The molecule has 45 heavy (non-hydrogen) atoms. The molecule has 0 radical (unpaired) electrons. The van der Waals surface area contributed by atoms with Crippen LogP contribution in [0.5, 0.6) is 11.5 Å². The Hall–Kier alpha value is -2.68.